The molecule has 1 aromatic carbocycles. The maximum Gasteiger partial charge on any atom is 0.163 e. The highest BCUT2D eigenvalue weighted by Gasteiger charge is 2.10. The van der Waals surface area contributed by atoms with Crippen molar-refractivity contribution in [1.29, 1.82) is 0 Å². The lowest BCUT2D eigenvalue weighted by atomic mass is 10.3. The number of para-hydroxylation sites is 2. The second kappa shape index (κ2) is 3.03. The van der Waals surface area contributed by atoms with Crippen LogP contribution in [0.25, 0.3) is 0 Å². The van der Waals surface area contributed by atoms with Crippen LogP contribution in [0.4, 0.5) is 0 Å². The zero-order valence-corrected chi connectivity index (χ0v) is 6.99. The van der Waals surface area contributed by atoms with Crippen molar-refractivity contribution in [3.63, 3.8) is 0 Å². The first kappa shape index (κ1) is 7.43. The van der Waals surface area contributed by atoms with Gasteiger partial charge in [-0.05, 0) is 19.2 Å². The Hall–Kier alpha value is -1.22. The lowest BCUT2D eigenvalue weighted by Gasteiger charge is -2.10. The molecule has 1 heterocycles. The minimum atomic E-state index is 0.580. The molecule has 3 nitrogen and oxygen atoms in total. The fourth-order valence-electron chi connectivity index (χ4n) is 1.09. The summed E-state index contributed by atoms with van der Waals surface area (Å²) < 4.78 is 10.9. The third-order valence-electron chi connectivity index (χ3n) is 1.73. The molecule has 0 bridgehead atoms. The molecule has 0 amide bonds. The molecule has 0 atom stereocenters. The predicted octanol–water partition coefficient (Wildman–Crippen LogP) is 1.30. The second-order valence-corrected chi connectivity index (χ2v) is 2.85. The number of nitrogens with zero attached hydrogens (tertiary/aromatic N) is 1. The summed E-state index contributed by atoms with van der Waals surface area (Å²) in [4.78, 5) is 1.96. The molecular formula is C9H11NO2. The lowest BCUT2D eigenvalue weighted by molar-refractivity contribution is 0.104. The Bertz CT molecular complexity index is 248. The van der Waals surface area contributed by atoms with Crippen molar-refractivity contribution in [2.24, 2.45) is 0 Å². The van der Waals surface area contributed by atoms with E-state index in [4.69, 9.17) is 9.47 Å². The topological polar surface area (TPSA) is 21.7 Å². The van der Waals surface area contributed by atoms with Crippen LogP contribution in [-0.4, -0.2) is 25.4 Å². The van der Waals surface area contributed by atoms with E-state index in [1.54, 1.807) is 0 Å². The Morgan fingerprint density at radius 2 is 1.58 bits per heavy atom. The third kappa shape index (κ3) is 1.36. The average molecular weight is 165 g/mol. The molecule has 0 unspecified atom stereocenters. The van der Waals surface area contributed by atoms with Crippen molar-refractivity contribution in [3.05, 3.63) is 24.3 Å². The number of ether oxygens (including phenoxy) is 2. The van der Waals surface area contributed by atoms with E-state index >= 15 is 0 Å². The Balaban J connectivity index is 2.26. The highest BCUT2D eigenvalue weighted by Crippen LogP contribution is 2.27. The van der Waals surface area contributed by atoms with Crippen LogP contribution in [0.5, 0.6) is 11.5 Å². The molecule has 2 rings (SSSR count). The molecule has 0 N–H and O–H groups in total. The van der Waals surface area contributed by atoms with E-state index in [9.17, 15) is 0 Å². The van der Waals surface area contributed by atoms with E-state index in [1.165, 1.54) is 0 Å². The molecule has 0 fully saturated rings. The van der Waals surface area contributed by atoms with Crippen molar-refractivity contribution >= 4 is 0 Å². The van der Waals surface area contributed by atoms with Crippen LogP contribution in [0.3, 0.4) is 0 Å². The summed E-state index contributed by atoms with van der Waals surface area (Å²) in [5.41, 5.74) is 0. The highest BCUT2D eigenvalue weighted by atomic mass is 16.6. The molecule has 1 aliphatic heterocycles. The Morgan fingerprint density at radius 1 is 1.08 bits per heavy atom. The van der Waals surface area contributed by atoms with Crippen molar-refractivity contribution in [2.45, 2.75) is 0 Å². The molecule has 1 aromatic rings. The molecule has 0 aromatic heterocycles. The van der Waals surface area contributed by atoms with E-state index in [0.29, 0.717) is 13.5 Å². The van der Waals surface area contributed by atoms with E-state index in [1.807, 2.05) is 36.2 Å². The zero-order chi connectivity index (χ0) is 8.39. The van der Waals surface area contributed by atoms with Crippen LogP contribution in [0.1, 0.15) is 0 Å². The number of rotatable bonds is 0. The minimum Gasteiger partial charge on any atom is -0.474 e. The molecular weight excluding hydrogens is 154 g/mol. The van der Waals surface area contributed by atoms with Gasteiger partial charge in [0, 0.05) is 0 Å². The summed E-state index contributed by atoms with van der Waals surface area (Å²) in [5.74, 6) is 1.64. The number of benzene rings is 1. The fourth-order valence-corrected chi connectivity index (χ4v) is 1.09. The van der Waals surface area contributed by atoms with Gasteiger partial charge in [0.1, 0.15) is 13.5 Å². The molecule has 0 saturated carbocycles. The summed E-state index contributed by atoms with van der Waals surface area (Å²) in [5, 5.41) is 0. The van der Waals surface area contributed by atoms with Crippen LogP contribution in [-0.2, 0) is 0 Å². The van der Waals surface area contributed by atoms with Crippen LogP contribution in [0, 0.1) is 0 Å². The van der Waals surface area contributed by atoms with Crippen LogP contribution >= 0.6 is 0 Å². The van der Waals surface area contributed by atoms with Gasteiger partial charge in [-0.15, -0.1) is 0 Å². The first-order valence-corrected chi connectivity index (χ1v) is 3.89. The predicted molar refractivity (Wildman–Crippen MR) is 45.2 cm³/mol. The molecule has 0 radical (unpaired) electrons. The highest BCUT2D eigenvalue weighted by molar-refractivity contribution is 5.39. The fraction of sp³-hybridized carbons (Fsp3) is 0.333. The van der Waals surface area contributed by atoms with Gasteiger partial charge in [-0.1, -0.05) is 12.1 Å². The van der Waals surface area contributed by atoms with Gasteiger partial charge < -0.3 is 9.47 Å². The third-order valence-corrected chi connectivity index (χ3v) is 1.73. The van der Waals surface area contributed by atoms with Crippen LogP contribution < -0.4 is 9.47 Å². The minimum absolute atomic E-state index is 0.580. The lowest BCUT2D eigenvalue weighted by Crippen LogP contribution is -2.25. The standard InChI is InChI=1S/C9H11NO2/c1-10-6-11-8-4-2-3-5-9(8)12-7-10/h2-5H,6-7H2,1H3. The van der Waals surface area contributed by atoms with Gasteiger partial charge in [-0.2, -0.15) is 0 Å². The monoisotopic (exact) mass is 165 g/mol. The van der Waals surface area contributed by atoms with Crippen molar-refractivity contribution in [1.82, 2.24) is 4.90 Å². The SMILES string of the molecule is CN1COc2ccccc2OC1. The van der Waals surface area contributed by atoms with Crippen LogP contribution in [0.15, 0.2) is 24.3 Å². The average Bonchev–Trinajstić information content (AvgIpc) is 2.29. The van der Waals surface area contributed by atoms with Crippen molar-refractivity contribution in [3.8, 4) is 11.5 Å². The van der Waals surface area contributed by atoms with Gasteiger partial charge >= 0.3 is 0 Å². The smallest absolute Gasteiger partial charge is 0.163 e. The quantitative estimate of drug-likeness (QED) is 0.578. The van der Waals surface area contributed by atoms with Gasteiger partial charge in [0.15, 0.2) is 11.5 Å². The molecule has 0 spiro atoms. The molecule has 0 saturated heterocycles. The largest absolute Gasteiger partial charge is 0.474 e. The first-order valence-electron chi connectivity index (χ1n) is 3.89. The van der Waals surface area contributed by atoms with E-state index in [0.717, 1.165) is 11.5 Å². The molecule has 3 heteroatoms. The second-order valence-electron chi connectivity index (χ2n) is 2.85. The Morgan fingerprint density at radius 3 is 2.08 bits per heavy atom. The van der Waals surface area contributed by atoms with E-state index in [2.05, 4.69) is 0 Å². The Labute approximate surface area is 71.5 Å². The molecule has 0 aliphatic carbocycles. The van der Waals surface area contributed by atoms with E-state index in [-0.39, 0.29) is 0 Å². The number of fused-ring (bicyclic) bond motifs is 1. The Kier molecular flexibility index (Phi) is 1.87. The van der Waals surface area contributed by atoms with E-state index < -0.39 is 0 Å². The number of hydrogen-bond donors (Lipinski definition) is 0. The molecule has 64 valence electrons. The summed E-state index contributed by atoms with van der Waals surface area (Å²) in [6, 6.07) is 7.70. The zero-order valence-electron chi connectivity index (χ0n) is 6.99. The van der Waals surface area contributed by atoms with Crippen molar-refractivity contribution in [2.75, 3.05) is 20.5 Å². The number of hydrogen-bond acceptors (Lipinski definition) is 3. The van der Waals surface area contributed by atoms with Gasteiger partial charge in [0.2, 0.25) is 0 Å². The summed E-state index contributed by atoms with van der Waals surface area (Å²) >= 11 is 0. The van der Waals surface area contributed by atoms with Crippen molar-refractivity contribution < 1.29 is 9.47 Å². The maximum absolute atomic E-state index is 5.46. The normalized spacial score (nSPS) is 17.1. The maximum atomic E-state index is 5.46. The molecule has 12 heavy (non-hydrogen) atoms. The summed E-state index contributed by atoms with van der Waals surface area (Å²) in [7, 11) is 1.95. The van der Waals surface area contributed by atoms with Gasteiger partial charge in [-0.3, -0.25) is 0 Å². The molecule has 1 aliphatic rings. The van der Waals surface area contributed by atoms with Gasteiger partial charge in [-0.25, -0.2) is 4.90 Å². The van der Waals surface area contributed by atoms with Gasteiger partial charge in [0.05, 0.1) is 0 Å². The van der Waals surface area contributed by atoms with Gasteiger partial charge in [0.25, 0.3) is 0 Å². The summed E-state index contributed by atoms with van der Waals surface area (Å²) in [6.07, 6.45) is 0. The summed E-state index contributed by atoms with van der Waals surface area (Å²) in [6.45, 7) is 1.16. The first-order chi connectivity index (χ1) is 5.86. The van der Waals surface area contributed by atoms with Crippen LogP contribution in [0.2, 0.25) is 0 Å².